The lowest BCUT2D eigenvalue weighted by atomic mass is 10.2. The molecule has 0 saturated carbocycles. The molecule has 0 bridgehead atoms. The molecule has 0 spiro atoms. The first-order valence-electron chi connectivity index (χ1n) is 5.30. The molecule has 0 heterocycles. The quantitative estimate of drug-likeness (QED) is 0.692. The zero-order valence-electron chi connectivity index (χ0n) is 10.0. The van der Waals surface area contributed by atoms with Crippen molar-refractivity contribution in [3.63, 3.8) is 0 Å². The van der Waals surface area contributed by atoms with E-state index in [1.165, 1.54) is 0 Å². The van der Waals surface area contributed by atoms with Gasteiger partial charge in [0.25, 0.3) is 0 Å². The smallest absolute Gasteiger partial charge is 0.320 e. The summed E-state index contributed by atoms with van der Waals surface area (Å²) in [6.45, 7) is 10.1. The summed E-state index contributed by atoms with van der Waals surface area (Å²) in [6.07, 6.45) is 2.21. The second-order valence-electron chi connectivity index (χ2n) is 4.66. The summed E-state index contributed by atoms with van der Waals surface area (Å²) in [4.78, 5) is 11.3. The second-order valence-corrected chi connectivity index (χ2v) is 4.66. The molecule has 0 aromatic carbocycles. The molecule has 0 aliphatic heterocycles. The van der Waals surface area contributed by atoms with Crippen LogP contribution in [-0.4, -0.2) is 24.2 Å². The molecule has 0 amide bonds. The van der Waals surface area contributed by atoms with Gasteiger partial charge in [-0.2, -0.15) is 0 Å². The molecule has 1 N–H and O–H groups in total. The molecule has 1 atom stereocenters. The van der Waals surface area contributed by atoms with Gasteiger partial charge in [0, 0.05) is 6.04 Å². The Hall–Kier alpha value is -0.570. The van der Waals surface area contributed by atoms with Crippen LogP contribution < -0.4 is 5.32 Å². The average molecular weight is 201 g/mol. The van der Waals surface area contributed by atoms with E-state index in [9.17, 15) is 4.79 Å². The van der Waals surface area contributed by atoms with Crippen molar-refractivity contribution in [1.29, 1.82) is 0 Å². The van der Waals surface area contributed by atoms with Gasteiger partial charge in [-0.3, -0.25) is 4.79 Å². The van der Waals surface area contributed by atoms with Crippen LogP contribution in [0.4, 0.5) is 0 Å². The van der Waals surface area contributed by atoms with Gasteiger partial charge in [0.1, 0.15) is 5.60 Å². The van der Waals surface area contributed by atoms with Crippen LogP contribution in [0.1, 0.15) is 47.5 Å². The van der Waals surface area contributed by atoms with Crippen LogP contribution in [0.5, 0.6) is 0 Å². The maximum Gasteiger partial charge on any atom is 0.320 e. The first kappa shape index (κ1) is 13.4. The van der Waals surface area contributed by atoms with Crippen molar-refractivity contribution in [2.75, 3.05) is 6.54 Å². The summed E-state index contributed by atoms with van der Waals surface area (Å²) in [5, 5.41) is 3.13. The third-order valence-electron chi connectivity index (χ3n) is 1.74. The largest absolute Gasteiger partial charge is 0.459 e. The van der Waals surface area contributed by atoms with E-state index in [1.54, 1.807) is 0 Å². The predicted molar refractivity (Wildman–Crippen MR) is 58.2 cm³/mol. The first-order chi connectivity index (χ1) is 6.35. The lowest BCUT2D eigenvalue weighted by Crippen LogP contribution is -2.35. The fourth-order valence-electron chi connectivity index (χ4n) is 1.17. The Bertz CT molecular complexity index is 173. The Morgan fingerprint density at radius 3 is 2.43 bits per heavy atom. The van der Waals surface area contributed by atoms with Gasteiger partial charge in [-0.25, -0.2) is 0 Å². The topological polar surface area (TPSA) is 38.3 Å². The number of esters is 1. The van der Waals surface area contributed by atoms with Crippen molar-refractivity contribution in [1.82, 2.24) is 5.32 Å². The van der Waals surface area contributed by atoms with E-state index in [0.29, 0.717) is 12.6 Å². The zero-order chi connectivity index (χ0) is 11.2. The van der Waals surface area contributed by atoms with Crippen LogP contribution >= 0.6 is 0 Å². The molecule has 0 aromatic rings. The highest BCUT2D eigenvalue weighted by Crippen LogP contribution is 2.06. The molecule has 3 heteroatoms. The first-order valence-corrected chi connectivity index (χ1v) is 5.30. The number of nitrogens with one attached hydrogen (secondary N) is 1. The highest BCUT2D eigenvalue weighted by Gasteiger charge is 2.16. The van der Waals surface area contributed by atoms with Crippen molar-refractivity contribution in [3.05, 3.63) is 0 Å². The third-order valence-corrected chi connectivity index (χ3v) is 1.74. The minimum Gasteiger partial charge on any atom is -0.459 e. The van der Waals surface area contributed by atoms with E-state index in [2.05, 4.69) is 19.2 Å². The molecular formula is C11H23NO2. The fraction of sp³-hybridized carbons (Fsp3) is 0.909. The van der Waals surface area contributed by atoms with Crippen molar-refractivity contribution in [2.45, 2.75) is 59.1 Å². The normalized spacial score (nSPS) is 13.8. The van der Waals surface area contributed by atoms with E-state index in [0.717, 1.165) is 12.8 Å². The molecule has 0 aliphatic rings. The number of hydrogen-bond donors (Lipinski definition) is 1. The van der Waals surface area contributed by atoms with Gasteiger partial charge in [0.05, 0.1) is 6.54 Å². The van der Waals surface area contributed by atoms with E-state index in [1.807, 2.05) is 20.8 Å². The van der Waals surface area contributed by atoms with Crippen LogP contribution in [-0.2, 0) is 9.53 Å². The number of ether oxygens (including phenoxy) is 1. The highest BCUT2D eigenvalue weighted by molar-refractivity contribution is 5.72. The molecule has 1 unspecified atom stereocenters. The van der Waals surface area contributed by atoms with Crippen LogP contribution in [0.2, 0.25) is 0 Å². The predicted octanol–water partition coefficient (Wildman–Crippen LogP) is 2.11. The summed E-state index contributed by atoms with van der Waals surface area (Å²) < 4.78 is 5.16. The van der Waals surface area contributed by atoms with E-state index < -0.39 is 0 Å². The summed E-state index contributed by atoms with van der Waals surface area (Å²) >= 11 is 0. The lowest BCUT2D eigenvalue weighted by molar-refractivity contribution is -0.153. The van der Waals surface area contributed by atoms with E-state index >= 15 is 0 Å². The summed E-state index contributed by atoms with van der Waals surface area (Å²) in [6, 6.07) is 0.382. The molecule has 3 nitrogen and oxygen atoms in total. The number of hydrogen-bond acceptors (Lipinski definition) is 3. The van der Waals surface area contributed by atoms with Crippen molar-refractivity contribution in [2.24, 2.45) is 0 Å². The summed E-state index contributed by atoms with van der Waals surface area (Å²) in [7, 11) is 0. The number of rotatable bonds is 5. The van der Waals surface area contributed by atoms with Gasteiger partial charge in [0.15, 0.2) is 0 Å². The Morgan fingerprint density at radius 1 is 1.43 bits per heavy atom. The van der Waals surface area contributed by atoms with Crippen LogP contribution in [0.25, 0.3) is 0 Å². The average Bonchev–Trinajstić information content (AvgIpc) is 1.98. The van der Waals surface area contributed by atoms with Gasteiger partial charge in [-0.15, -0.1) is 0 Å². The molecule has 0 radical (unpaired) electrons. The molecule has 14 heavy (non-hydrogen) atoms. The van der Waals surface area contributed by atoms with Gasteiger partial charge >= 0.3 is 5.97 Å². The summed E-state index contributed by atoms with van der Waals surface area (Å²) in [5.74, 6) is -0.180. The summed E-state index contributed by atoms with van der Waals surface area (Å²) in [5.41, 5.74) is -0.382. The molecule has 84 valence electrons. The minimum atomic E-state index is -0.382. The zero-order valence-corrected chi connectivity index (χ0v) is 10.0. The maximum absolute atomic E-state index is 11.3. The van der Waals surface area contributed by atoms with E-state index in [-0.39, 0.29) is 11.6 Å². The highest BCUT2D eigenvalue weighted by atomic mass is 16.6. The SMILES string of the molecule is CCCC(C)NCC(=O)OC(C)(C)C. The standard InChI is InChI=1S/C11H23NO2/c1-6-7-9(2)12-8-10(13)14-11(3,4)5/h9,12H,6-8H2,1-5H3. The van der Waals surface area contributed by atoms with E-state index in [4.69, 9.17) is 4.74 Å². The monoisotopic (exact) mass is 201 g/mol. The Labute approximate surface area is 87.2 Å². The lowest BCUT2D eigenvalue weighted by Gasteiger charge is -2.20. The molecule has 0 aliphatic carbocycles. The second kappa shape index (κ2) is 6.02. The molecule has 0 saturated heterocycles. The van der Waals surface area contributed by atoms with Crippen molar-refractivity contribution >= 4 is 5.97 Å². The Balaban J connectivity index is 3.64. The molecule has 0 aromatic heterocycles. The maximum atomic E-state index is 11.3. The Morgan fingerprint density at radius 2 is 2.00 bits per heavy atom. The van der Waals surface area contributed by atoms with Gasteiger partial charge in [-0.05, 0) is 34.1 Å². The van der Waals surface area contributed by atoms with Crippen LogP contribution in [0.3, 0.4) is 0 Å². The van der Waals surface area contributed by atoms with Crippen LogP contribution in [0, 0.1) is 0 Å². The van der Waals surface area contributed by atoms with Crippen molar-refractivity contribution in [3.8, 4) is 0 Å². The van der Waals surface area contributed by atoms with Gasteiger partial charge < -0.3 is 10.1 Å². The molecule has 0 rings (SSSR count). The number of carbonyl (C=O) groups is 1. The number of carbonyl (C=O) groups excluding carboxylic acids is 1. The molecule has 0 fully saturated rings. The Kier molecular flexibility index (Phi) is 5.77. The van der Waals surface area contributed by atoms with Gasteiger partial charge in [-0.1, -0.05) is 13.3 Å². The third kappa shape index (κ3) is 8.05. The minimum absolute atomic E-state index is 0.180. The van der Waals surface area contributed by atoms with Gasteiger partial charge in [0.2, 0.25) is 0 Å². The van der Waals surface area contributed by atoms with Crippen LogP contribution in [0.15, 0.2) is 0 Å². The fourth-order valence-corrected chi connectivity index (χ4v) is 1.17. The van der Waals surface area contributed by atoms with Crippen molar-refractivity contribution < 1.29 is 9.53 Å². The molecular weight excluding hydrogens is 178 g/mol.